The summed E-state index contributed by atoms with van der Waals surface area (Å²) in [6.07, 6.45) is 1.74. The van der Waals surface area contributed by atoms with Crippen LogP contribution in [0.1, 0.15) is 19.4 Å². The molecule has 166 valence electrons. The predicted octanol–water partition coefficient (Wildman–Crippen LogP) is 1.30. The summed E-state index contributed by atoms with van der Waals surface area (Å²) in [4.78, 5) is 11.5. The maximum Gasteiger partial charge on any atom is 0.326 e. The molecular weight excluding hydrogens is 449 g/mol. The number of amides is 1. The van der Waals surface area contributed by atoms with Crippen molar-refractivity contribution in [1.29, 1.82) is 0 Å². The van der Waals surface area contributed by atoms with Crippen molar-refractivity contribution >= 4 is 48.2 Å². The summed E-state index contributed by atoms with van der Waals surface area (Å²) >= 11 is 0. The molecule has 2 aromatic carbocycles. The molecule has 31 heavy (non-hydrogen) atoms. The van der Waals surface area contributed by atoms with Crippen molar-refractivity contribution in [2.45, 2.75) is 19.1 Å². The van der Waals surface area contributed by atoms with Crippen LogP contribution in [-0.4, -0.2) is 57.0 Å². The van der Waals surface area contributed by atoms with Gasteiger partial charge in [-0.15, -0.1) is 0 Å². The third-order valence-corrected chi connectivity index (χ3v) is 8.88. The third kappa shape index (κ3) is 3.54. The standard InChI is InChI=1S/C19H20FN3O6S2/c1-11(2)30(26,27)22-6-5-14(9-22)12-3-4-13-8-16(24)19(18(20)15(13)7-12)23-10-17(25)21-31(23,28)29/h3-5,7-8,11,24H,6,9-10H2,1-2H3,(H,21,25). The lowest BCUT2D eigenvalue weighted by atomic mass is 10.0. The van der Waals surface area contributed by atoms with Crippen LogP contribution in [0, 0.1) is 5.82 Å². The minimum Gasteiger partial charge on any atom is -0.506 e. The second kappa shape index (κ2) is 7.18. The number of rotatable bonds is 4. The molecule has 2 aromatic rings. The smallest absolute Gasteiger partial charge is 0.326 e. The Hall–Kier alpha value is -2.70. The van der Waals surface area contributed by atoms with Gasteiger partial charge in [-0.05, 0) is 42.5 Å². The van der Waals surface area contributed by atoms with Gasteiger partial charge in [-0.1, -0.05) is 18.2 Å². The van der Waals surface area contributed by atoms with Crippen molar-refractivity contribution in [2.75, 3.05) is 23.9 Å². The number of hydrogen-bond acceptors (Lipinski definition) is 6. The summed E-state index contributed by atoms with van der Waals surface area (Å²) in [5, 5.41) is 10.0. The van der Waals surface area contributed by atoms with E-state index < -0.39 is 55.2 Å². The van der Waals surface area contributed by atoms with E-state index >= 15 is 4.39 Å². The summed E-state index contributed by atoms with van der Waals surface area (Å²) in [5.74, 6) is -2.45. The highest BCUT2D eigenvalue weighted by Gasteiger charge is 2.38. The van der Waals surface area contributed by atoms with Crippen molar-refractivity contribution in [3.63, 3.8) is 0 Å². The van der Waals surface area contributed by atoms with Crippen LogP contribution in [0.25, 0.3) is 16.3 Å². The number of carbonyl (C=O) groups excluding carboxylic acids is 1. The molecule has 0 unspecified atom stereocenters. The van der Waals surface area contributed by atoms with Crippen LogP contribution < -0.4 is 9.03 Å². The van der Waals surface area contributed by atoms with Gasteiger partial charge < -0.3 is 5.11 Å². The van der Waals surface area contributed by atoms with E-state index in [1.54, 1.807) is 36.8 Å². The van der Waals surface area contributed by atoms with E-state index in [0.29, 0.717) is 20.8 Å². The first-order valence-electron chi connectivity index (χ1n) is 9.38. The van der Waals surface area contributed by atoms with Gasteiger partial charge in [0.05, 0.1) is 5.25 Å². The Bertz CT molecular complexity index is 1350. The average Bonchev–Trinajstić information content (AvgIpc) is 3.26. The van der Waals surface area contributed by atoms with Crippen molar-refractivity contribution in [3.8, 4) is 5.75 Å². The quantitative estimate of drug-likeness (QED) is 0.696. The molecule has 2 heterocycles. The van der Waals surface area contributed by atoms with E-state index in [-0.39, 0.29) is 18.5 Å². The molecule has 0 radical (unpaired) electrons. The highest BCUT2D eigenvalue weighted by molar-refractivity contribution is 7.92. The Morgan fingerprint density at radius 3 is 2.52 bits per heavy atom. The number of sulfonamides is 1. The summed E-state index contributed by atoms with van der Waals surface area (Å²) in [6, 6.07) is 5.92. The van der Waals surface area contributed by atoms with E-state index in [9.17, 15) is 26.7 Å². The number of phenolic OH excluding ortho intramolecular Hbond substituents is 1. The van der Waals surface area contributed by atoms with Crippen molar-refractivity contribution < 1.29 is 31.1 Å². The van der Waals surface area contributed by atoms with Gasteiger partial charge in [-0.3, -0.25) is 4.79 Å². The number of carbonyl (C=O) groups is 1. The Morgan fingerprint density at radius 2 is 1.90 bits per heavy atom. The van der Waals surface area contributed by atoms with Crippen molar-refractivity contribution in [2.24, 2.45) is 0 Å². The molecule has 0 bridgehead atoms. The lowest BCUT2D eigenvalue weighted by Gasteiger charge is -2.20. The second-order valence-corrected chi connectivity index (χ2v) is 11.7. The highest BCUT2D eigenvalue weighted by Crippen LogP contribution is 2.39. The molecule has 9 nitrogen and oxygen atoms in total. The van der Waals surface area contributed by atoms with E-state index in [2.05, 4.69) is 0 Å². The van der Waals surface area contributed by atoms with Crippen LogP contribution in [0.15, 0.2) is 30.3 Å². The van der Waals surface area contributed by atoms with Gasteiger partial charge in [0, 0.05) is 18.5 Å². The zero-order chi connectivity index (χ0) is 22.7. The fraction of sp³-hybridized carbons (Fsp3) is 0.316. The largest absolute Gasteiger partial charge is 0.506 e. The van der Waals surface area contributed by atoms with Gasteiger partial charge in [0.2, 0.25) is 10.0 Å². The molecule has 0 aromatic heterocycles. The van der Waals surface area contributed by atoms with Crippen molar-refractivity contribution in [1.82, 2.24) is 9.03 Å². The number of phenols is 1. The molecule has 12 heteroatoms. The second-order valence-electron chi connectivity index (χ2n) is 7.65. The fourth-order valence-electron chi connectivity index (χ4n) is 3.64. The van der Waals surface area contributed by atoms with Crippen LogP contribution in [0.2, 0.25) is 0 Å². The fourth-order valence-corrected chi connectivity index (χ4v) is 6.00. The molecule has 1 saturated heterocycles. The zero-order valence-corrected chi connectivity index (χ0v) is 18.3. The molecule has 1 fully saturated rings. The Morgan fingerprint density at radius 1 is 1.19 bits per heavy atom. The topological polar surface area (TPSA) is 124 Å². The van der Waals surface area contributed by atoms with Crippen LogP contribution in [0.4, 0.5) is 10.1 Å². The molecule has 0 atom stereocenters. The summed E-state index contributed by atoms with van der Waals surface area (Å²) < 4.78 is 68.0. The molecule has 4 rings (SSSR count). The first-order chi connectivity index (χ1) is 14.4. The summed E-state index contributed by atoms with van der Waals surface area (Å²) in [6.45, 7) is 2.89. The summed E-state index contributed by atoms with van der Waals surface area (Å²) in [5.41, 5.74) is 0.640. The molecule has 0 saturated carbocycles. The minimum absolute atomic E-state index is 0.0333. The lowest BCUT2D eigenvalue weighted by molar-refractivity contribution is -0.117. The summed E-state index contributed by atoms with van der Waals surface area (Å²) in [7, 11) is -7.76. The molecule has 2 aliphatic rings. The number of fused-ring (bicyclic) bond motifs is 1. The number of aromatic hydroxyl groups is 1. The van der Waals surface area contributed by atoms with E-state index in [1.807, 2.05) is 0 Å². The monoisotopic (exact) mass is 469 g/mol. The SMILES string of the molecule is CC(C)S(=O)(=O)N1CC=C(c2ccc3cc(O)c(N4CC(=O)NS4(=O)=O)c(F)c3c2)C1. The Balaban J connectivity index is 1.76. The first-order valence-corrected chi connectivity index (χ1v) is 12.3. The van der Waals surface area contributed by atoms with E-state index in [4.69, 9.17) is 0 Å². The number of nitrogens with one attached hydrogen (secondary N) is 1. The van der Waals surface area contributed by atoms with E-state index in [1.165, 1.54) is 16.4 Å². The van der Waals surface area contributed by atoms with Crippen LogP contribution in [0.3, 0.4) is 0 Å². The van der Waals surface area contributed by atoms with E-state index in [0.717, 1.165) is 0 Å². The first kappa shape index (κ1) is 21.5. The van der Waals surface area contributed by atoms with Crippen LogP contribution >= 0.6 is 0 Å². The van der Waals surface area contributed by atoms with Gasteiger partial charge in [-0.25, -0.2) is 21.8 Å². The number of halogens is 1. The van der Waals surface area contributed by atoms with Crippen LogP contribution in [-0.2, 0) is 25.0 Å². The molecule has 1 amide bonds. The maximum atomic E-state index is 15.4. The van der Waals surface area contributed by atoms with Gasteiger partial charge in [0.1, 0.15) is 18.0 Å². The maximum absolute atomic E-state index is 15.4. The lowest BCUT2D eigenvalue weighted by Crippen LogP contribution is -2.34. The molecule has 2 aliphatic heterocycles. The van der Waals surface area contributed by atoms with Gasteiger partial charge >= 0.3 is 10.2 Å². The van der Waals surface area contributed by atoms with Gasteiger partial charge in [-0.2, -0.15) is 12.7 Å². The van der Waals surface area contributed by atoms with Crippen molar-refractivity contribution in [3.05, 3.63) is 41.7 Å². The predicted molar refractivity (Wildman–Crippen MR) is 114 cm³/mol. The number of nitrogens with zero attached hydrogens (tertiary/aromatic N) is 2. The number of hydrogen-bond donors (Lipinski definition) is 2. The molecule has 2 N–H and O–H groups in total. The highest BCUT2D eigenvalue weighted by atomic mass is 32.2. The van der Waals surface area contributed by atoms with Gasteiger partial charge in [0.15, 0.2) is 5.82 Å². The Kier molecular flexibility index (Phi) is 4.98. The number of anilines is 1. The minimum atomic E-state index is -4.31. The molecule has 0 spiro atoms. The van der Waals surface area contributed by atoms with Gasteiger partial charge in [0.25, 0.3) is 5.91 Å². The average molecular weight is 470 g/mol. The third-order valence-electron chi connectivity index (χ3n) is 5.32. The normalized spacial score (nSPS) is 19.3. The number of benzene rings is 2. The molecule has 0 aliphatic carbocycles. The zero-order valence-electron chi connectivity index (χ0n) is 16.7. The Labute approximate surface area is 179 Å². The molecular formula is C19H20FN3O6S2. The van der Waals surface area contributed by atoms with Crippen LogP contribution in [0.5, 0.6) is 5.75 Å².